The maximum absolute atomic E-state index is 13.1. The molecule has 4 nitrogen and oxygen atoms in total. The first-order chi connectivity index (χ1) is 8.52. The summed E-state index contributed by atoms with van der Waals surface area (Å²) in [6, 6.07) is 2.65. The van der Waals surface area contributed by atoms with E-state index >= 15 is 0 Å². The van der Waals surface area contributed by atoms with Crippen molar-refractivity contribution in [2.24, 2.45) is 0 Å². The molecule has 0 aromatic heterocycles. The van der Waals surface area contributed by atoms with E-state index in [-0.39, 0.29) is 12.4 Å². The molecule has 1 rings (SSSR count). The summed E-state index contributed by atoms with van der Waals surface area (Å²) < 4.78 is 35.2. The maximum atomic E-state index is 13.1. The minimum absolute atomic E-state index is 0.172. The quantitative estimate of drug-likeness (QED) is 0.577. The third-order valence-corrected chi connectivity index (χ3v) is 1.93. The molecule has 0 aliphatic heterocycles. The molecule has 0 N–H and O–H groups in total. The van der Waals surface area contributed by atoms with Crippen molar-refractivity contribution < 1.29 is 27.8 Å². The van der Waals surface area contributed by atoms with E-state index in [1.54, 1.807) is 6.92 Å². The van der Waals surface area contributed by atoms with Crippen LogP contribution in [-0.4, -0.2) is 25.0 Å². The number of ketones is 1. The number of hydrogen-bond acceptors (Lipinski definition) is 4. The fourth-order valence-corrected chi connectivity index (χ4v) is 1.17. The Labute approximate surface area is 103 Å². The molecule has 0 amide bonds. The molecule has 0 aliphatic carbocycles. The third kappa shape index (κ3) is 4.48. The number of carbonyl (C=O) groups is 2. The number of benzene rings is 1. The molecule has 0 fully saturated rings. The molecule has 1 aromatic rings. The molecule has 0 atom stereocenters. The summed E-state index contributed by atoms with van der Waals surface area (Å²) in [6.07, 6.45) is -0.454. The maximum Gasteiger partial charge on any atom is 0.313 e. The van der Waals surface area contributed by atoms with Crippen molar-refractivity contribution >= 4 is 11.8 Å². The zero-order valence-electron chi connectivity index (χ0n) is 9.74. The predicted molar refractivity (Wildman–Crippen MR) is 58.1 cm³/mol. The third-order valence-electron chi connectivity index (χ3n) is 1.93. The van der Waals surface area contributed by atoms with E-state index in [0.717, 1.165) is 18.2 Å². The summed E-state index contributed by atoms with van der Waals surface area (Å²) in [7, 11) is 0. The zero-order valence-corrected chi connectivity index (χ0v) is 9.74. The average molecular weight is 258 g/mol. The largest absolute Gasteiger partial charge is 0.483 e. The number of hydrogen-bond donors (Lipinski definition) is 0. The van der Waals surface area contributed by atoms with Gasteiger partial charge in [-0.05, 0) is 19.1 Å². The average Bonchev–Trinajstić information content (AvgIpc) is 2.30. The topological polar surface area (TPSA) is 52.6 Å². The standard InChI is InChI=1S/C12H12F2O4/c1-2-17-12(16)6-9(15)7-18-11-5-8(13)3-4-10(11)14/h3-5H,2,6-7H2,1H3. The van der Waals surface area contributed by atoms with Crippen LogP contribution in [0.4, 0.5) is 8.78 Å². The molecule has 1 aromatic carbocycles. The van der Waals surface area contributed by atoms with Crippen LogP contribution >= 0.6 is 0 Å². The second-order valence-corrected chi connectivity index (χ2v) is 3.38. The Bertz CT molecular complexity index is 446. The Kier molecular flexibility index (Phi) is 5.23. The van der Waals surface area contributed by atoms with E-state index in [1.165, 1.54) is 0 Å². The molecule has 0 radical (unpaired) electrons. The smallest absolute Gasteiger partial charge is 0.313 e. The number of esters is 1. The number of carbonyl (C=O) groups excluding carboxylic acids is 2. The van der Waals surface area contributed by atoms with Gasteiger partial charge in [0, 0.05) is 6.07 Å². The summed E-state index contributed by atoms with van der Waals surface area (Å²) in [5, 5.41) is 0. The van der Waals surface area contributed by atoms with Gasteiger partial charge < -0.3 is 9.47 Å². The molecule has 0 saturated carbocycles. The Hall–Kier alpha value is -1.98. The van der Waals surface area contributed by atoms with Crippen LogP contribution in [0.15, 0.2) is 18.2 Å². The highest BCUT2D eigenvalue weighted by atomic mass is 19.1. The second kappa shape index (κ2) is 6.68. The summed E-state index contributed by atoms with van der Waals surface area (Å²) in [5.74, 6) is -3.07. The first-order valence-electron chi connectivity index (χ1n) is 5.28. The van der Waals surface area contributed by atoms with Gasteiger partial charge in [-0.1, -0.05) is 0 Å². The first kappa shape index (κ1) is 14.1. The van der Waals surface area contributed by atoms with Gasteiger partial charge in [0.15, 0.2) is 17.3 Å². The summed E-state index contributed by atoms with van der Waals surface area (Å²) in [4.78, 5) is 22.2. The molecule has 18 heavy (non-hydrogen) atoms. The molecule has 0 heterocycles. The van der Waals surface area contributed by atoms with Crippen LogP contribution in [0.2, 0.25) is 0 Å². The van der Waals surface area contributed by atoms with E-state index in [4.69, 9.17) is 4.74 Å². The van der Waals surface area contributed by atoms with Crippen LogP contribution in [0.1, 0.15) is 13.3 Å². The molecule has 0 unspecified atom stereocenters. The van der Waals surface area contributed by atoms with Gasteiger partial charge in [0.1, 0.15) is 18.8 Å². The normalized spacial score (nSPS) is 9.94. The SMILES string of the molecule is CCOC(=O)CC(=O)COc1cc(F)ccc1F. The highest BCUT2D eigenvalue weighted by Gasteiger charge is 2.12. The van der Waals surface area contributed by atoms with Crippen LogP contribution in [-0.2, 0) is 14.3 Å². The molecule has 6 heteroatoms. The van der Waals surface area contributed by atoms with E-state index in [9.17, 15) is 18.4 Å². The van der Waals surface area contributed by atoms with Crippen molar-refractivity contribution in [3.63, 3.8) is 0 Å². The summed E-state index contributed by atoms with van der Waals surface area (Å²) >= 11 is 0. The highest BCUT2D eigenvalue weighted by molar-refractivity contribution is 5.96. The van der Waals surface area contributed by atoms with Crippen molar-refractivity contribution in [3.05, 3.63) is 29.8 Å². The Balaban J connectivity index is 2.47. The summed E-state index contributed by atoms with van der Waals surface area (Å²) in [6.45, 7) is 1.27. The highest BCUT2D eigenvalue weighted by Crippen LogP contribution is 2.17. The van der Waals surface area contributed by atoms with Crippen molar-refractivity contribution in [2.75, 3.05) is 13.2 Å². The van der Waals surface area contributed by atoms with Gasteiger partial charge in [-0.3, -0.25) is 9.59 Å². The van der Waals surface area contributed by atoms with Crippen LogP contribution in [0.3, 0.4) is 0 Å². The molecule has 0 spiro atoms. The molecule has 0 bridgehead atoms. The van der Waals surface area contributed by atoms with Gasteiger partial charge in [0.25, 0.3) is 0 Å². The van der Waals surface area contributed by atoms with Crippen molar-refractivity contribution in [1.82, 2.24) is 0 Å². The monoisotopic (exact) mass is 258 g/mol. The minimum atomic E-state index is -0.777. The van der Waals surface area contributed by atoms with E-state index < -0.39 is 36.4 Å². The fourth-order valence-electron chi connectivity index (χ4n) is 1.17. The summed E-state index contributed by atoms with van der Waals surface area (Å²) in [5.41, 5.74) is 0. The Morgan fingerprint density at radius 1 is 1.28 bits per heavy atom. The first-order valence-corrected chi connectivity index (χ1v) is 5.28. The van der Waals surface area contributed by atoms with E-state index in [0.29, 0.717) is 0 Å². The predicted octanol–water partition coefficient (Wildman–Crippen LogP) is 1.87. The van der Waals surface area contributed by atoms with Gasteiger partial charge >= 0.3 is 5.97 Å². The van der Waals surface area contributed by atoms with Gasteiger partial charge in [-0.2, -0.15) is 0 Å². The van der Waals surface area contributed by atoms with Gasteiger partial charge in [-0.25, -0.2) is 8.78 Å². The lowest BCUT2D eigenvalue weighted by Crippen LogP contribution is -2.17. The number of halogens is 2. The molecule has 0 saturated heterocycles. The number of Topliss-reactive ketones (excluding diaryl/α,β-unsaturated/α-hetero) is 1. The van der Waals surface area contributed by atoms with Gasteiger partial charge in [-0.15, -0.1) is 0 Å². The van der Waals surface area contributed by atoms with Crippen LogP contribution in [0.25, 0.3) is 0 Å². The molecule has 0 aliphatic rings. The van der Waals surface area contributed by atoms with Crippen molar-refractivity contribution in [1.29, 1.82) is 0 Å². The Morgan fingerprint density at radius 2 is 2.00 bits per heavy atom. The lowest BCUT2D eigenvalue weighted by molar-refractivity contribution is -0.145. The number of rotatable bonds is 6. The van der Waals surface area contributed by atoms with Crippen LogP contribution in [0.5, 0.6) is 5.75 Å². The van der Waals surface area contributed by atoms with Crippen LogP contribution in [0, 0.1) is 11.6 Å². The zero-order chi connectivity index (χ0) is 13.5. The molecule has 98 valence electrons. The lowest BCUT2D eigenvalue weighted by atomic mass is 10.3. The minimum Gasteiger partial charge on any atom is -0.483 e. The van der Waals surface area contributed by atoms with Crippen molar-refractivity contribution in [2.45, 2.75) is 13.3 Å². The molecular formula is C12H12F2O4. The van der Waals surface area contributed by atoms with Crippen LogP contribution < -0.4 is 4.74 Å². The fraction of sp³-hybridized carbons (Fsp3) is 0.333. The van der Waals surface area contributed by atoms with E-state index in [2.05, 4.69) is 4.74 Å². The van der Waals surface area contributed by atoms with E-state index in [1.807, 2.05) is 0 Å². The van der Waals surface area contributed by atoms with Gasteiger partial charge in [0.05, 0.1) is 6.61 Å². The van der Waals surface area contributed by atoms with Gasteiger partial charge in [0.2, 0.25) is 0 Å². The second-order valence-electron chi connectivity index (χ2n) is 3.38. The number of ether oxygens (including phenoxy) is 2. The lowest BCUT2D eigenvalue weighted by Gasteiger charge is -2.06. The molecular weight excluding hydrogens is 246 g/mol. The van der Waals surface area contributed by atoms with Crippen molar-refractivity contribution in [3.8, 4) is 5.75 Å². The Morgan fingerprint density at radius 3 is 2.67 bits per heavy atom.